The number of hydrogen-bond acceptors (Lipinski definition) is 2. The monoisotopic (exact) mass is 369 g/mol. The number of hydrogen-bond donors (Lipinski definition) is 0. The maximum absolute atomic E-state index is 14.6. The molecule has 2 nitrogen and oxygen atoms in total. The van der Waals surface area contributed by atoms with Crippen LogP contribution in [-0.2, 0) is 6.61 Å². The first kappa shape index (κ1) is 17.5. The van der Waals surface area contributed by atoms with Crippen LogP contribution in [0.4, 0.5) is 13.2 Å². The molecule has 1 fully saturated rings. The van der Waals surface area contributed by atoms with Crippen molar-refractivity contribution < 1.29 is 22.6 Å². The summed E-state index contributed by atoms with van der Waals surface area (Å²) in [5.74, 6) is -0.938. The van der Waals surface area contributed by atoms with Crippen LogP contribution in [0.5, 0.6) is 11.5 Å². The molecule has 137 valence electrons. The molecule has 0 aromatic heterocycles. The van der Waals surface area contributed by atoms with E-state index in [-0.39, 0.29) is 41.2 Å². The van der Waals surface area contributed by atoms with Crippen LogP contribution < -0.4 is 9.47 Å². The minimum atomic E-state index is -0.550. The lowest BCUT2D eigenvalue weighted by Gasteiger charge is -2.16. The van der Waals surface area contributed by atoms with Crippen LogP contribution in [0.1, 0.15) is 18.4 Å². The summed E-state index contributed by atoms with van der Waals surface area (Å²) in [4.78, 5) is 0. The van der Waals surface area contributed by atoms with E-state index in [2.05, 4.69) is 6.07 Å². The zero-order valence-corrected chi connectivity index (χ0v) is 14.3. The van der Waals surface area contributed by atoms with Crippen molar-refractivity contribution in [2.75, 3.05) is 0 Å². The molecule has 0 amide bonds. The molecule has 27 heavy (non-hydrogen) atoms. The first-order valence-electron chi connectivity index (χ1n) is 8.64. The van der Waals surface area contributed by atoms with Gasteiger partial charge in [-0.15, -0.1) is 0 Å². The molecule has 3 aromatic carbocycles. The van der Waals surface area contributed by atoms with Crippen LogP contribution in [0.3, 0.4) is 0 Å². The normalized spacial score (nSPS) is 13.4. The molecule has 4 rings (SSSR count). The van der Waals surface area contributed by atoms with Gasteiger partial charge >= 0.3 is 0 Å². The maximum atomic E-state index is 14.6. The fourth-order valence-electron chi connectivity index (χ4n) is 2.76. The highest BCUT2D eigenvalue weighted by atomic mass is 19.1. The molecule has 0 saturated heterocycles. The van der Waals surface area contributed by atoms with E-state index in [1.807, 2.05) is 0 Å². The van der Waals surface area contributed by atoms with Gasteiger partial charge in [-0.2, -0.15) is 0 Å². The van der Waals surface area contributed by atoms with Gasteiger partial charge in [0, 0.05) is 11.6 Å². The first-order valence-corrected chi connectivity index (χ1v) is 8.64. The Balaban J connectivity index is 1.69. The smallest absolute Gasteiger partial charge is 0.138 e. The molecule has 1 radical (unpaired) electrons. The zero-order chi connectivity index (χ0) is 18.8. The zero-order valence-electron chi connectivity index (χ0n) is 14.3. The molecule has 0 aliphatic heterocycles. The van der Waals surface area contributed by atoms with Crippen molar-refractivity contribution in [3.8, 4) is 22.6 Å². The van der Waals surface area contributed by atoms with E-state index >= 15 is 0 Å². The lowest BCUT2D eigenvalue weighted by atomic mass is 10.0. The Morgan fingerprint density at radius 1 is 0.963 bits per heavy atom. The summed E-state index contributed by atoms with van der Waals surface area (Å²) in [6.45, 7) is 0.0629. The van der Waals surface area contributed by atoms with Crippen molar-refractivity contribution in [1.29, 1.82) is 0 Å². The molecule has 0 bridgehead atoms. The highest BCUT2D eigenvalue weighted by molar-refractivity contribution is 5.76. The van der Waals surface area contributed by atoms with Crippen LogP contribution in [0.2, 0.25) is 0 Å². The third-order valence-corrected chi connectivity index (χ3v) is 4.21. The fourth-order valence-corrected chi connectivity index (χ4v) is 2.76. The van der Waals surface area contributed by atoms with Gasteiger partial charge < -0.3 is 9.47 Å². The minimum Gasteiger partial charge on any atom is -0.489 e. The first-order chi connectivity index (χ1) is 13.1. The molecule has 3 aromatic rings. The highest BCUT2D eigenvalue weighted by Crippen LogP contribution is 2.41. The second kappa shape index (κ2) is 7.35. The number of halogens is 3. The maximum Gasteiger partial charge on any atom is 0.138 e. The van der Waals surface area contributed by atoms with Crippen LogP contribution in [-0.4, -0.2) is 6.10 Å². The van der Waals surface area contributed by atoms with Gasteiger partial charge in [-0.05, 0) is 60.9 Å². The lowest BCUT2D eigenvalue weighted by Crippen LogP contribution is -2.02. The molecule has 0 unspecified atom stereocenters. The highest BCUT2D eigenvalue weighted by Gasteiger charge is 2.26. The number of rotatable bonds is 6. The second-order valence-corrected chi connectivity index (χ2v) is 6.41. The Labute approximate surface area is 155 Å². The predicted octanol–water partition coefficient (Wildman–Crippen LogP) is 5.69. The van der Waals surface area contributed by atoms with Crippen molar-refractivity contribution in [2.24, 2.45) is 0 Å². The Kier molecular flexibility index (Phi) is 4.75. The van der Waals surface area contributed by atoms with Crippen LogP contribution in [0.15, 0.2) is 54.6 Å². The van der Waals surface area contributed by atoms with E-state index in [1.54, 1.807) is 12.1 Å². The van der Waals surface area contributed by atoms with Crippen LogP contribution >= 0.6 is 0 Å². The van der Waals surface area contributed by atoms with E-state index in [0.717, 1.165) is 12.8 Å². The summed E-state index contributed by atoms with van der Waals surface area (Å²) in [6.07, 6.45) is 1.83. The van der Waals surface area contributed by atoms with Gasteiger partial charge in [0.1, 0.15) is 35.6 Å². The van der Waals surface area contributed by atoms with Gasteiger partial charge in [0.2, 0.25) is 0 Å². The van der Waals surface area contributed by atoms with Gasteiger partial charge in [0.15, 0.2) is 0 Å². The molecule has 1 aliphatic carbocycles. The average Bonchev–Trinajstić information content (AvgIpc) is 3.45. The third-order valence-electron chi connectivity index (χ3n) is 4.21. The van der Waals surface area contributed by atoms with Crippen molar-refractivity contribution in [3.05, 3.63) is 83.7 Å². The van der Waals surface area contributed by atoms with E-state index in [0.29, 0.717) is 5.56 Å². The fraction of sp³-hybridized carbons (Fsp3) is 0.182. The van der Waals surface area contributed by atoms with Gasteiger partial charge in [-0.3, -0.25) is 0 Å². The molecule has 0 N–H and O–H groups in total. The lowest BCUT2D eigenvalue weighted by molar-refractivity contribution is 0.299. The molecule has 5 heteroatoms. The number of ether oxygens (including phenoxy) is 2. The second-order valence-electron chi connectivity index (χ2n) is 6.41. The minimum absolute atomic E-state index is 0.0343. The molecule has 0 spiro atoms. The van der Waals surface area contributed by atoms with Crippen molar-refractivity contribution >= 4 is 0 Å². The van der Waals surface area contributed by atoms with Crippen molar-refractivity contribution in [3.63, 3.8) is 0 Å². The largest absolute Gasteiger partial charge is 0.489 e. The van der Waals surface area contributed by atoms with Crippen molar-refractivity contribution in [2.45, 2.75) is 25.6 Å². The molecule has 1 saturated carbocycles. The molecule has 1 aliphatic rings. The summed E-state index contributed by atoms with van der Waals surface area (Å²) < 4.78 is 53.4. The standard InChI is InChI=1S/C22H16F3O2/c23-15-4-1-3-14(11-15)13-26-20-10-7-16(24)12-18(20)22-19(25)5-2-6-21(22)27-17-8-9-17/h1-5,7,10-12,17H,8-9,13H2. The van der Waals surface area contributed by atoms with Crippen molar-refractivity contribution in [1.82, 2.24) is 0 Å². The summed E-state index contributed by atoms with van der Waals surface area (Å²) in [6, 6.07) is 15.4. The van der Waals surface area contributed by atoms with Gasteiger partial charge in [0.25, 0.3) is 0 Å². The summed E-state index contributed by atoms with van der Waals surface area (Å²) >= 11 is 0. The van der Waals surface area contributed by atoms with Crippen LogP contribution in [0, 0.1) is 23.5 Å². The Bertz CT molecular complexity index is 968. The summed E-state index contributed by atoms with van der Waals surface area (Å²) in [7, 11) is 0. The van der Waals surface area contributed by atoms with Crippen LogP contribution in [0.25, 0.3) is 11.1 Å². The molecular formula is C22H16F3O2. The van der Waals surface area contributed by atoms with E-state index in [4.69, 9.17) is 9.47 Å². The molecule has 0 atom stereocenters. The number of benzene rings is 3. The Morgan fingerprint density at radius 2 is 1.78 bits per heavy atom. The quantitative estimate of drug-likeness (QED) is 0.556. The van der Waals surface area contributed by atoms with E-state index in [1.165, 1.54) is 42.5 Å². The average molecular weight is 369 g/mol. The Hall–Kier alpha value is -2.95. The van der Waals surface area contributed by atoms with Gasteiger partial charge in [-0.1, -0.05) is 12.1 Å². The predicted molar refractivity (Wildman–Crippen MR) is 95.0 cm³/mol. The van der Waals surface area contributed by atoms with E-state index in [9.17, 15) is 13.2 Å². The topological polar surface area (TPSA) is 18.5 Å². The van der Waals surface area contributed by atoms with Gasteiger partial charge in [-0.25, -0.2) is 13.2 Å². The van der Waals surface area contributed by atoms with Gasteiger partial charge in [0.05, 0.1) is 11.7 Å². The Morgan fingerprint density at radius 3 is 2.56 bits per heavy atom. The summed E-state index contributed by atoms with van der Waals surface area (Å²) in [5.41, 5.74) is 0.953. The molecular weight excluding hydrogens is 353 g/mol. The summed E-state index contributed by atoms with van der Waals surface area (Å²) in [5, 5.41) is 0. The SMILES string of the molecule is Fc1cccc(COc2ccc(F)cc2-c2c(OC3CC3)[c]ccc2F)c1. The molecule has 0 heterocycles. The third kappa shape index (κ3) is 4.08. The van der Waals surface area contributed by atoms with E-state index < -0.39 is 11.6 Å².